The molecule has 0 aliphatic heterocycles. The SMILES string of the molecule is CCn1c(C(C)C)n[nH]c1=O. The molecule has 62 valence electrons. The summed E-state index contributed by atoms with van der Waals surface area (Å²) in [6, 6.07) is 0. The van der Waals surface area contributed by atoms with Gasteiger partial charge in [0.25, 0.3) is 0 Å². The quantitative estimate of drug-likeness (QED) is 0.684. The molecule has 1 aromatic heterocycles. The number of hydrogen-bond donors (Lipinski definition) is 1. The van der Waals surface area contributed by atoms with Gasteiger partial charge in [-0.15, -0.1) is 0 Å². The second-order valence-corrected chi connectivity index (χ2v) is 2.79. The molecule has 1 rings (SSSR count). The topological polar surface area (TPSA) is 50.7 Å². The third-order valence-corrected chi connectivity index (χ3v) is 1.62. The van der Waals surface area contributed by atoms with Gasteiger partial charge in [0.1, 0.15) is 5.82 Å². The zero-order valence-electron chi connectivity index (χ0n) is 7.09. The Hall–Kier alpha value is -1.06. The van der Waals surface area contributed by atoms with Crippen molar-refractivity contribution in [1.82, 2.24) is 14.8 Å². The van der Waals surface area contributed by atoms with Crippen LogP contribution in [0.2, 0.25) is 0 Å². The van der Waals surface area contributed by atoms with Crippen LogP contribution in [0.1, 0.15) is 32.5 Å². The standard InChI is InChI=1S/C7H13N3O/c1-4-10-6(5(2)3)8-9-7(10)11/h5H,4H2,1-3H3,(H,9,11). The van der Waals surface area contributed by atoms with Gasteiger partial charge < -0.3 is 0 Å². The second kappa shape index (κ2) is 2.90. The molecule has 0 spiro atoms. The van der Waals surface area contributed by atoms with Gasteiger partial charge in [0.2, 0.25) is 0 Å². The summed E-state index contributed by atoms with van der Waals surface area (Å²) in [7, 11) is 0. The van der Waals surface area contributed by atoms with Gasteiger partial charge in [0.15, 0.2) is 0 Å². The Kier molecular flexibility index (Phi) is 2.12. The molecule has 0 aliphatic carbocycles. The number of nitrogens with one attached hydrogen (secondary N) is 1. The van der Waals surface area contributed by atoms with Gasteiger partial charge in [0.05, 0.1) is 0 Å². The summed E-state index contributed by atoms with van der Waals surface area (Å²) in [6.07, 6.45) is 0. The first-order valence-electron chi connectivity index (χ1n) is 3.82. The maximum Gasteiger partial charge on any atom is 0.343 e. The van der Waals surface area contributed by atoms with Gasteiger partial charge in [-0.1, -0.05) is 13.8 Å². The van der Waals surface area contributed by atoms with Crippen LogP contribution in [0.3, 0.4) is 0 Å². The van der Waals surface area contributed by atoms with Crippen LogP contribution in [-0.4, -0.2) is 14.8 Å². The molecular weight excluding hydrogens is 142 g/mol. The summed E-state index contributed by atoms with van der Waals surface area (Å²) < 4.78 is 1.64. The van der Waals surface area contributed by atoms with Gasteiger partial charge in [-0.2, -0.15) is 5.10 Å². The fourth-order valence-electron chi connectivity index (χ4n) is 1.08. The molecule has 1 N–H and O–H groups in total. The predicted octanol–water partition coefficient (Wildman–Crippen LogP) is 0.715. The van der Waals surface area contributed by atoms with E-state index in [-0.39, 0.29) is 5.69 Å². The van der Waals surface area contributed by atoms with Crippen LogP contribution in [0.4, 0.5) is 0 Å². The van der Waals surface area contributed by atoms with Crippen LogP contribution in [-0.2, 0) is 6.54 Å². The van der Waals surface area contributed by atoms with Gasteiger partial charge >= 0.3 is 5.69 Å². The van der Waals surface area contributed by atoms with E-state index in [1.54, 1.807) is 4.57 Å². The van der Waals surface area contributed by atoms with E-state index in [2.05, 4.69) is 10.2 Å². The fraction of sp³-hybridized carbons (Fsp3) is 0.714. The normalized spacial score (nSPS) is 10.9. The van der Waals surface area contributed by atoms with E-state index in [1.165, 1.54) is 0 Å². The molecule has 0 saturated heterocycles. The third-order valence-electron chi connectivity index (χ3n) is 1.62. The highest BCUT2D eigenvalue weighted by Crippen LogP contribution is 2.07. The molecule has 0 saturated carbocycles. The van der Waals surface area contributed by atoms with E-state index in [1.807, 2.05) is 20.8 Å². The van der Waals surface area contributed by atoms with Gasteiger partial charge in [-0.25, -0.2) is 9.89 Å². The van der Waals surface area contributed by atoms with E-state index in [9.17, 15) is 4.79 Å². The van der Waals surface area contributed by atoms with E-state index in [4.69, 9.17) is 0 Å². The molecule has 1 aromatic rings. The van der Waals surface area contributed by atoms with Gasteiger partial charge in [-0.3, -0.25) is 4.57 Å². The van der Waals surface area contributed by atoms with Crippen molar-refractivity contribution in [3.63, 3.8) is 0 Å². The Labute approximate surface area is 65.2 Å². The average Bonchev–Trinajstić information content (AvgIpc) is 2.30. The molecule has 0 amide bonds. The van der Waals surface area contributed by atoms with Crippen LogP contribution in [0.5, 0.6) is 0 Å². The van der Waals surface area contributed by atoms with Gasteiger partial charge in [-0.05, 0) is 6.92 Å². The van der Waals surface area contributed by atoms with Crippen molar-refractivity contribution in [2.24, 2.45) is 0 Å². The Morgan fingerprint density at radius 3 is 2.64 bits per heavy atom. The highest BCUT2D eigenvalue weighted by molar-refractivity contribution is 4.91. The van der Waals surface area contributed by atoms with Gasteiger partial charge in [0, 0.05) is 12.5 Å². The summed E-state index contributed by atoms with van der Waals surface area (Å²) in [6.45, 7) is 6.65. The Morgan fingerprint density at radius 1 is 1.64 bits per heavy atom. The van der Waals surface area contributed by atoms with Crippen molar-refractivity contribution in [3.05, 3.63) is 16.3 Å². The average molecular weight is 155 g/mol. The van der Waals surface area contributed by atoms with Crippen molar-refractivity contribution < 1.29 is 0 Å². The smallest absolute Gasteiger partial charge is 0.279 e. The number of rotatable bonds is 2. The molecule has 4 heteroatoms. The Balaban J connectivity index is 3.16. The monoisotopic (exact) mass is 155 g/mol. The lowest BCUT2D eigenvalue weighted by atomic mass is 10.2. The zero-order chi connectivity index (χ0) is 8.43. The van der Waals surface area contributed by atoms with E-state index >= 15 is 0 Å². The minimum atomic E-state index is -0.115. The van der Waals surface area contributed by atoms with Crippen molar-refractivity contribution in [2.45, 2.75) is 33.2 Å². The van der Waals surface area contributed by atoms with Crippen molar-refractivity contribution in [1.29, 1.82) is 0 Å². The molecule has 4 nitrogen and oxygen atoms in total. The van der Waals surface area contributed by atoms with Crippen molar-refractivity contribution in [3.8, 4) is 0 Å². The molecule has 0 atom stereocenters. The lowest BCUT2D eigenvalue weighted by molar-refractivity contribution is 0.638. The molecule has 0 aromatic carbocycles. The predicted molar refractivity (Wildman–Crippen MR) is 42.6 cm³/mol. The van der Waals surface area contributed by atoms with E-state index in [0.717, 1.165) is 5.82 Å². The number of H-pyrrole nitrogens is 1. The van der Waals surface area contributed by atoms with Crippen molar-refractivity contribution >= 4 is 0 Å². The zero-order valence-corrected chi connectivity index (χ0v) is 7.09. The summed E-state index contributed by atoms with van der Waals surface area (Å²) in [5.74, 6) is 1.13. The Bertz CT molecular complexity index is 284. The second-order valence-electron chi connectivity index (χ2n) is 2.79. The maximum atomic E-state index is 11.0. The lowest BCUT2D eigenvalue weighted by Crippen LogP contribution is -2.18. The number of hydrogen-bond acceptors (Lipinski definition) is 2. The van der Waals surface area contributed by atoms with Crippen LogP contribution in [0, 0.1) is 0 Å². The van der Waals surface area contributed by atoms with Crippen LogP contribution < -0.4 is 5.69 Å². The molecule has 1 heterocycles. The largest absolute Gasteiger partial charge is 0.343 e. The number of aromatic amines is 1. The fourth-order valence-corrected chi connectivity index (χ4v) is 1.08. The highest BCUT2D eigenvalue weighted by Gasteiger charge is 2.08. The summed E-state index contributed by atoms with van der Waals surface area (Å²) in [4.78, 5) is 11.0. The highest BCUT2D eigenvalue weighted by atomic mass is 16.1. The molecule has 0 aliphatic rings. The number of aromatic nitrogens is 3. The van der Waals surface area contributed by atoms with Crippen LogP contribution >= 0.6 is 0 Å². The molecule has 0 bridgehead atoms. The van der Waals surface area contributed by atoms with Crippen LogP contribution in [0.25, 0.3) is 0 Å². The summed E-state index contributed by atoms with van der Waals surface area (Å²) in [5, 5.41) is 6.34. The Morgan fingerprint density at radius 2 is 2.27 bits per heavy atom. The van der Waals surface area contributed by atoms with E-state index in [0.29, 0.717) is 12.5 Å². The first-order valence-corrected chi connectivity index (χ1v) is 3.82. The lowest BCUT2D eigenvalue weighted by Gasteiger charge is -2.03. The molecule has 0 unspecified atom stereocenters. The minimum Gasteiger partial charge on any atom is -0.279 e. The van der Waals surface area contributed by atoms with Crippen molar-refractivity contribution in [2.75, 3.05) is 0 Å². The summed E-state index contributed by atoms with van der Waals surface area (Å²) >= 11 is 0. The minimum absolute atomic E-state index is 0.115. The number of nitrogens with zero attached hydrogens (tertiary/aromatic N) is 2. The molecular formula is C7H13N3O. The first-order chi connectivity index (χ1) is 5.16. The molecule has 0 radical (unpaired) electrons. The third kappa shape index (κ3) is 1.34. The molecule has 11 heavy (non-hydrogen) atoms. The summed E-state index contributed by atoms with van der Waals surface area (Å²) in [5.41, 5.74) is -0.115. The van der Waals surface area contributed by atoms with E-state index < -0.39 is 0 Å². The molecule has 0 fully saturated rings. The van der Waals surface area contributed by atoms with Crippen LogP contribution in [0.15, 0.2) is 4.79 Å². The first kappa shape index (κ1) is 8.04. The maximum absolute atomic E-state index is 11.0.